The second-order valence-corrected chi connectivity index (χ2v) is 5.67. The fourth-order valence-electron chi connectivity index (χ4n) is 2.04. The average Bonchev–Trinajstić information content (AvgIpc) is 2.14. The second-order valence-electron chi connectivity index (χ2n) is 5.67. The molecule has 0 saturated heterocycles. The molecule has 1 saturated carbocycles. The highest BCUT2D eigenvalue weighted by atomic mass is 16.6. The monoisotopic (exact) mass is 228 g/mol. The predicted octanol–water partition coefficient (Wildman–Crippen LogP) is 2.12. The number of hydrogen-bond acceptors (Lipinski definition) is 3. The molecule has 1 fully saturated rings. The van der Waals surface area contributed by atoms with Gasteiger partial charge in [0.15, 0.2) is 0 Å². The van der Waals surface area contributed by atoms with Crippen molar-refractivity contribution < 1.29 is 9.53 Å². The third kappa shape index (κ3) is 4.00. The lowest BCUT2D eigenvalue weighted by Gasteiger charge is -2.35. The zero-order valence-electron chi connectivity index (χ0n) is 10.8. The molecule has 4 heteroatoms. The molecule has 0 radical (unpaired) electrons. The first-order chi connectivity index (χ1) is 7.29. The van der Waals surface area contributed by atoms with E-state index in [0.29, 0.717) is 0 Å². The van der Waals surface area contributed by atoms with Crippen LogP contribution in [-0.2, 0) is 4.74 Å². The molecule has 1 rings (SSSR count). The summed E-state index contributed by atoms with van der Waals surface area (Å²) in [6, 6.07) is 0.460. The average molecular weight is 228 g/mol. The van der Waals surface area contributed by atoms with E-state index in [0.717, 1.165) is 25.7 Å². The Bertz CT molecular complexity index is 248. The molecule has 2 unspecified atom stereocenters. The van der Waals surface area contributed by atoms with Gasteiger partial charge in [-0.25, -0.2) is 4.79 Å². The molecule has 0 aromatic rings. The van der Waals surface area contributed by atoms with Crippen LogP contribution in [0.25, 0.3) is 0 Å². The summed E-state index contributed by atoms with van der Waals surface area (Å²) in [7, 11) is 1.80. The van der Waals surface area contributed by atoms with E-state index < -0.39 is 5.60 Å². The molecular formula is C12H24N2O2. The molecule has 0 aromatic carbocycles. The van der Waals surface area contributed by atoms with Gasteiger partial charge in [-0.2, -0.15) is 0 Å². The van der Waals surface area contributed by atoms with Crippen molar-refractivity contribution in [1.29, 1.82) is 0 Å². The zero-order valence-corrected chi connectivity index (χ0v) is 10.8. The van der Waals surface area contributed by atoms with Crippen LogP contribution in [0.2, 0.25) is 0 Å². The summed E-state index contributed by atoms with van der Waals surface area (Å²) in [4.78, 5) is 13.5. The lowest BCUT2D eigenvalue weighted by atomic mass is 9.91. The molecule has 0 aliphatic heterocycles. The summed E-state index contributed by atoms with van der Waals surface area (Å²) in [6.07, 6.45) is 3.84. The van der Waals surface area contributed by atoms with Crippen LogP contribution in [0.3, 0.4) is 0 Å². The molecule has 0 aromatic heterocycles. The summed E-state index contributed by atoms with van der Waals surface area (Å²) in [6.45, 7) is 5.64. The van der Waals surface area contributed by atoms with Gasteiger partial charge in [0.2, 0.25) is 0 Å². The molecule has 0 bridgehead atoms. The maximum absolute atomic E-state index is 11.8. The Morgan fingerprint density at radius 2 is 2.00 bits per heavy atom. The van der Waals surface area contributed by atoms with Crippen molar-refractivity contribution in [2.75, 3.05) is 7.05 Å². The van der Waals surface area contributed by atoms with Crippen LogP contribution < -0.4 is 5.73 Å². The van der Waals surface area contributed by atoms with E-state index in [4.69, 9.17) is 10.5 Å². The summed E-state index contributed by atoms with van der Waals surface area (Å²) < 4.78 is 5.33. The zero-order chi connectivity index (χ0) is 12.3. The molecule has 94 valence electrons. The third-order valence-corrected chi connectivity index (χ3v) is 2.92. The van der Waals surface area contributed by atoms with Crippen molar-refractivity contribution in [3.8, 4) is 0 Å². The molecular weight excluding hydrogens is 204 g/mol. The number of carbonyl (C=O) groups is 1. The Morgan fingerprint density at radius 3 is 2.50 bits per heavy atom. The van der Waals surface area contributed by atoms with Gasteiger partial charge < -0.3 is 15.4 Å². The fourth-order valence-corrected chi connectivity index (χ4v) is 2.04. The van der Waals surface area contributed by atoms with E-state index in [1.165, 1.54) is 0 Å². The minimum atomic E-state index is -0.428. The van der Waals surface area contributed by atoms with Gasteiger partial charge in [-0.3, -0.25) is 0 Å². The fraction of sp³-hybridized carbons (Fsp3) is 0.917. The molecule has 16 heavy (non-hydrogen) atoms. The lowest BCUT2D eigenvalue weighted by molar-refractivity contribution is 0.0182. The first kappa shape index (κ1) is 13.3. The highest BCUT2D eigenvalue weighted by Gasteiger charge is 2.28. The quantitative estimate of drug-likeness (QED) is 0.748. The van der Waals surface area contributed by atoms with Crippen molar-refractivity contribution >= 4 is 6.09 Å². The summed E-state index contributed by atoms with van der Waals surface area (Å²) in [5.41, 5.74) is 5.48. The van der Waals surface area contributed by atoms with Crippen LogP contribution in [0.5, 0.6) is 0 Å². The standard InChI is InChI=1S/C12H24N2O2/c1-12(2,3)16-11(15)14(4)10-7-5-6-9(13)8-10/h9-10H,5-8,13H2,1-4H3. The van der Waals surface area contributed by atoms with Crippen molar-refractivity contribution in [3.05, 3.63) is 0 Å². The van der Waals surface area contributed by atoms with Crippen LogP contribution in [0.1, 0.15) is 46.5 Å². The third-order valence-electron chi connectivity index (χ3n) is 2.92. The summed E-state index contributed by atoms with van der Waals surface area (Å²) in [5, 5.41) is 0. The van der Waals surface area contributed by atoms with E-state index in [1.807, 2.05) is 20.8 Å². The number of carbonyl (C=O) groups excluding carboxylic acids is 1. The topological polar surface area (TPSA) is 55.6 Å². The van der Waals surface area contributed by atoms with Crippen LogP contribution >= 0.6 is 0 Å². The van der Waals surface area contributed by atoms with E-state index in [1.54, 1.807) is 11.9 Å². The number of rotatable bonds is 1. The van der Waals surface area contributed by atoms with Gasteiger partial charge >= 0.3 is 6.09 Å². The van der Waals surface area contributed by atoms with Crippen LogP contribution in [-0.4, -0.2) is 35.7 Å². The Hall–Kier alpha value is -0.770. The van der Waals surface area contributed by atoms with Gasteiger partial charge in [0.25, 0.3) is 0 Å². The van der Waals surface area contributed by atoms with Gasteiger partial charge in [-0.15, -0.1) is 0 Å². The molecule has 2 atom stereocenters. The van der Waals surface area contributed by atoms with E-state index in [2.05, 4.69) is 0 Å². The van der Waals surface area contributed by atoms with E-state index in [-0.39, 0.29) is 18.2 Å². The van der Waals surface area contributed by atoms with Crippen molar-refractivity contribution in [2.45, 2.75) is 64.1 Å². The second kappa shape index (κ2) is 5.04. The van der Waals surface area contributed by atoms with Gasteiger partial charge in [-0.05, 0) is 46.5 Å². The van der Waals surface area contributed by atoms with E-state index >= 15 is 0 Å². The maximum Gasteiger partial charge on any atom is 0.410 e. The minimum absolute atomic E-state index is 0.226. The van der Waals surface area contributed by atoms with Crippen LogP contribution in [0.4, 0.5) is 4.79 Å². The summed E-state index contributed by atoms with van der Waals surface area (Å²) >= 11 is 0. The minimum Gasteiger partial charge on any atom is -0.444 e. The molecule has 0 heterocycles. The first-order valence-electron chi connectivity index (χ1n) is 6.01. The van der Waals surface area contributed by atoms with Gasteiger partial charge in [0.1, 0.15) is 5.60 Å². The SMILES string of the molecule is CN(C(=O)OC(C)(C)C)C1CCCC(N)C1. The van der Waals surface area contributed by atoms with Crippen molar-refractivity contribution in [1.82, 2.24) is 4.90 Å². The lowest BCUT2D eigenvalue weighted by Crippen LogP contribution is -2.45. The van der Waals surface area contributed by atoms with Gasteiger partial charge in [0, 0.05) is 19.1 Å². The van der Waals surface area contributed by atoms with E-state index in [9.17, 15) is 4.79 Å². The number of nitrogens with two attached hydrogens (primary N) is 1. The van der Waals surface area contributed by atoms with Gasteiger partial charge in [0.05, 0.1) is 0 Å². The van der Waals surface area contributed by atoms with Crippen LogP contribution in [0.15, 0.2) is 0 Å². The predicted molar refractivity (Wildman–Crippen MR) is 64.2 cm³/mol. The Morgan fingerprint density at radius 1 is 1.38 bits per heavy atom. The number of nitrogens with zero attached hydrogens (tertiary/aromatic N) is 1. The highest BCUT2D eigenvalue weighted by molar-refractivity contribution is 5.68. The highest BCUT2D eigenvalue weighted by Crippen LogP contribution is 2.22. The molecule has 1 aliphatic rings. The largest absolute Gasteiger partial charge is 0.444 e. The maximum atomic E-state index is 11.8. The number of ether oxygens (including phenoxy) is 1. The normalized spacial score (nSPS) is 26.3. The Kier molecular flexibility index (Phi) is 4.19. The molecule has 0 spiro atoms. The Labute approximate surface area is 98.1 Å². The molecule has 1 aliphatic carbocycles. The smallest absolute Gasteiger partial charge is 0.410 e. The number of hydrogen-bond donors (Lipinski definition) is 1. The number of amides is 1. The van der Waals surface area contributed by atoms with Crippen molar-refractivity contribution in [2.24, 2.45) is 5.73 Å². The molecule has 1 amide bonds. The molecule has 4 nitrogen and oxygen atoms in total. The first-order valence-corrected chi connectivity index (χ1v) is 6.01. The van der Waals surface area contributed by atoms with Crippen LogP contribution in [0, 0.1) is 0 Å². The summed E-state index contributed by atoms with van der Waals surface area (Å²) in [5.74, 6) is 0. The van der Waals surface area contributed by atoms with Crippen molar-refractivity contribution in [3.63, 3.8) is 0 Å². The molecule has 2 N–H and O–H groups in total. The Balaban J connectivity index is 2.49. The van der Waals surface area contributed by atoms with Gasteiger partial charge in [-0.1, -0.05) is 0 Å².